The van der Waals surface area contributed by atoms with E-state index in [4.69, 9.17) is 23.2 Å². The molecule has 1 aliphatic carbocycles. The number of sulfonamides is 1. The SMILES string of the molecule is CS(=O)(=O)N(CC(=O)N(Cc1ccccc1F)[C@@H](Cc1ccccc1)C(=O)NC1CCCCC1)c1cc(Cl)cc(Cl)c1. The van der Waals surface area contributed by atoms with Crippen LogP contribution >= 0.6 is 23.2 Å². The number of carbonyl (C=O) groups excluding carboxylic acids is 2. The minimum Gasteiger partial charge on any atom is -0.352 e. The molecule has 0 aliphatic heterocycles. The van der Waals surface area contributed by atoms with E-state index < -0.39 is 34.3 Å². The standard InChI is InChI=1S/C31H34Cl2FN3O4S/c1-42(40,41)37(27-18-24(32)17-25(33)19-27)21-30(38)36(20-23-12-8-9-15-28(23)34)29(16-22-10-4-2-5-11-22)31(39)35-26-13-6-3-7-14-26/h2,4-5,8-12,15,17-19,26,29H,3,6-7,13-14,16,20-21H2,1H3,(H,35,39)/t29-/m0/s1. The highest BCUT2D eigenvalue weighted by atomic mass is 35.5. The van der Waals surface area contributed by atoms with Crippen molar-refractivity contribution in [3.8, 4) is 0 Å². The molecule has 0 heterocycles. The van der Waals surface area contributed by atoms with Crippen LogP contribution in [0.15, 0.2) is 72.8 Å². The van der Waals surface area contributed by atoms with E-state index in [9.17, 15) is 22.4 Å². The molecule has 0 bridgehead atoms. The number of carbonyl (C=O) groups is 2. The summed E-state index contributed by atoms with van der Waals surface area (Å²) in [6, 6.07) is 18.4. The number of hydrogen-bond acceptors (Lipinski definition) is 4. The van der Waals surface area contributed by atoms with E-state index in [0.29, 0.717) is 0 Å². The Bertz CT molecular complexity index is 1480. The van der Waals surface area contributed by atoms with Crippen molar-refractivity contribution in [3.05, 3.63) is 99.8 Å². The molecule has 0 unspecified atom stereocenters. The molecular weight excluding hydrogens is 600 g/mol. The van der Waals surface area contributed by atoms with Crippen molar-refractivity contribution < 1.29 is 22.4 Å². The second kappa shape index (κ2) is 14.4. The Morgan fingerprint density at radius 1 is 0.952 bits per heavy atom. The van der Waals surface area contributed by atoms with Crippen molar-refractivity contribution in [2.75, 3.05) is 17.1 Å². The van der Waals surface area contributed by atoms with Crippen molar-refractivity contribution in [3.63, 3.8) is 0 Å². The summed E-state index contributed by atoms with van der Waals surface area (Å²) in [4.78, 5) is 29.3. The molecule has 224 valence electrons. The van der Waals surface area contributed by atoms with Crippen LogP contribution in [0.25, 0.3) is 0 Å². The number of nitrogens with zero attached hydrogens (tertiary/aromatic N) is 2. The topological polar surface area (TPSA) is 86.8 Å². The number of rotatable bonds is 11. The van der Waals surface area contributed by atoms with Gasteiger partial charge in [0, 0.05) is 34.6 Å². The van der Waals surface area contributed by atoms with E-state index in [1.807, 2.05) is 30.3 Å². The second-order valence-electron chi connectivity index (χ2n) is 10.6. The third-order valence-corrected chi connectivity index (χ3v) is 8.91. The van der Waals surface area contributed by atoms with Crippen LogP contribution in [-0.4, -0.2) is 50.0 Å². The normalized spacial score (nSPS) is 14.7. The lowest BCUT2D eigenvalue weighted by molar-refractivity contribution is -0.140. The van der Waals surface area contributed by atoms with Gasteiger partial charge in [-0.3, -0.25) is 13.9 Å². The molecule has 3 aromatic carbocycles. The van der Waals surface area contributed by atoms with Crippen molar-refractivity contribution in [1.29, 1.82) is 0 Å². The van der Waals surface area contributed by atoms with E-state index in [2.05, 4.69) is 5.32 Å². The molecule has 11 heteroatoms. The minimum absolute atomic E-state index is 0.0314. The number of halogens is 3. The Morgan fingerprint density at radius 2 is 1.57 bits per heavy atom. The van der Waals surface area contributed by atoms with Crippen LogP contribution in [-0.2, 0) is 32.6 Å². The minimum atomic E-state index is -3.99. The zero-order valence-electron chi connectivity index (χ0n) is 23.3. The van der Waals surface area contributed by atoms with Crippen LogP contribution in [0.3, 0.4) is 0 Å². The molecule has 0 radical (unpaired) electrons. The van der Waals surface area contributed by atoms with E-state index in [1.165, 1.54) is 35.2 Å². The number of hydrogen-bond donors (Lipinski definition) is 1. The molecule has 1 atom stereocenters. The van der Waals surface area contributed by atoms with E-state index in [1.54, 1.807) is 12.1 Å². The summed E-state index contributed by atoms with van der Waals surface area (Å²) in [5, 5.41) is 3.49. The van der Waals surface area contributed by atoms with Gasteiger partial charge in [-0.05, 0) is 42.7 Å². The summed E-state index contributed by atoms with van der Waals surface area (Å²) in [5.74, 6) is -1.59. The van der Waals surface area contributed by atoms with E-state index >= 15 is 0 Å². The summed E-state index contributed by atoms with van der Waals surface area (Å²) in [5.41, 5.74) is 1.10. The average Bonchev–Trinajstić information content (AvgIpc) is 2.94. The molecule has 7 nitrogen and oxygen atoms in total. The number of nitrogens with one attached hydrogen (secondary N) is 1. The molecule has 1 saturated carbocycles. The molecule has 4 rings (SSSR count). The molecule has 1 fully saturated rings. The Kier molecular flexibility index (Phi) is 10.9. The molecule has 1 N–H and O–H groups in total. The molecule has 42 heavy (non-hydrogen) atoms. The second-order valence-corrected chi connectivity index (χ2v) is 13.3. The maximum Gasteiger partial charge on any atom is 0.244 e. The van der Waals surface area contributed by atoms with E-state index in [-0.39, 0.29) is 46.2 Å². The van der Waals surface area contributed by atoms with Gasteiger partial charge < -0.3 is 10.2 Å². The highest BCUT2D eigenvalue weighted by molar-refractivity contribution is 7.92. The van der Waals surface area contributed by atoms with Gasteiger partial charge in [-0.15, -0.1) is 0 Å². The van der Waals surface area contributed by atoms with Crippen molar-refractivity contribution in [2.45, 2.75) is 57.2 Å². The molecular formula is C31H34Cl2FN3O4S. The van der Waals surface area contributed by atoms with Gasteiger partial charge in [-0.1, -0.05) is 91.0 Å². The van der Waals surface area contributed by atoms with Gasteiger partial charge in [0.25, 0.3) is 0 Å². The number of anilines is 1. The molecule has 0 spiro atoms. The van der Waals surface area contributed by atoms with Crippen molar-refractivity contribution in [2.24, 2.45) is 0 Å². The zero-order valence-corrected chi connectivity index (χ0v) is 25.6. The summed E-state index contributed by atoms with van der Waals surface area (Å²) in [7, 11) is -3.99. The first kappa shape index (κ1) is 31.8. The van der Waals surface area contributed by atoms with Crippen LogP contribution in [0.4, 0.5) is 10.1 Å². The van der Waals surface area contributed by atoms with Gasteiger partial charge in [0.15, 0.2) is 0 Å². The Balaban J connectivity index is 1.74. The van der Waals surface area contributed by atoms with Gasteiger partial charge in [-0.25, -0.2) is 12.8 Å². The maximum atomic E-state index is 14.9. The van der Waals surface area contributed by atoms with Gasteiger partial charge in [0.1, 0.15) is 18.4 Å². The zero-order chi connectivity index (χ0) is 30.3. The van der Waals surface area contributed by atoms with Gasteiger partial charge in [0.2, 0.25) is 21.8 Å². The summed E-state index contributed by atoms with van der Waals surface area (Å²) in [6.45, 7) is -0.888. The molecule has 0 saturated heterocycles. The van der Waals surface area contributed by atoms with Crippen molar-refractivity contribution >= 4 is 50.7 Å². The first-order valence-corrected chi connectivity index (χ1v) is 16.4. The molecule has 2 amide bonds. The lowest BCUT2D eigenvalue weighted by Crippen LogP contribution is -2.55. The average molecular weight is 635 g/mol. The smallest absolute Gasteiger partial charge is 0.244 e. The predicted octanol–water partition coefficient (Wildman–Crippen LogP) is 5.99. The van der Waals surface area contributed by atoms with Crippen LogP contribution in [0, 0.1) is 5.82 Å². The fraction of sp³-hybridized carbons (Fsp3) is 0.355. The Morgan fingerprint density at radius 3 is 2.19 bits per heavy atom. The lowest BCUT2D eigenvalue weighted by Gasteiger charge is -2.35. The summed E-state index contributed by atoms with van der Waals surface area (Å²) < 4.78 is 41.6. The van der Waals surface area contributed by atoms with Gasteiger partial charge in [-0.2, -0.15) is 0 Å². The molecule has 3 aromatic rings. The Hall–Kier alpha value is -3.14. The largest absolute Gasteiger partial charge is 0.352 e. The van der Waals surface area contributed by atoms with Crippen LogP contribution < -0.4 is 9.62 Å². The molecule has 1 aliphatic rings. The fourth-order valence-electron chi connectivity index (χ4n) is 5.21. The quantitative estimate of drug-likeness (QED) is 0.281. The third kappa shape index (κ3) is 8.69. The van der Waals surface area contributed by atoms with E-state index in [0.717, 1.165) is 48.2 Å². The van der Waals surface area contributed by atoms with Crippen molar-refractivity contribution in [1.82, 2.24) is 10.2 Å². The highest BCUT2D eigenvalue weighted by Crippen LogP contribution is 2.28. The monoisotopic (exact) mass is 633 g/mol. The summed E-state index contributed by atoms with van der Waals surface area (Å²) in [6.07, 6.45) is 5.89. The van der Waals surface area contributed by atoms with Gasteiger partial charge in [0.05, 0.1) is 11.9 Å². The molecule has 0 aromatic heterocycles. The fourth-order valence-corrected chi connectivity index (χ4v) is 6.55. The van der Waals surface area contributed by atoms with Gasteiger partial charge >= 0.3 is 0 Å². The summed E-state index contributed by atoms with van der Waals surface area (Å²) >= 11 is 12.3. The number of amides is 2. The first-order chi connectivity index (χ1) is 20.0. The van der Waals surface area contributed by atoms with Crippen LogP contribution in [0.1, 0.15) is 43.2 Å². The third-order valence-electron chi connectivity index (χ3n) is 7.34. The lowest BCUT2D eigenvalue weighted by atomic mass is 9.94. The van der Waals surface area contributed by atoms with Crippen LogP contribution in [0.5, 0.6) is 0 Å². The Labute approximate surface area is 256 Å². The number of benzene rings is 3. The van der Waals surface area contributed by atoms with Crippen LogP contribution in [0.2, 0.25) is 10.0 Å². The first-order valence-electron chi connectivity index (χ1n) is 13.8. The highest BCUT2D eigenvalue weighted by Gasteiger charge is 2.34. The maximum absolute atomic E-state index is 14.9. The predicted molar refractivity (Wildman–Crippen MR) is 165 cm³/mol.